The van der Waals surface area contributed by atoms with Gasteiger partial charge >= 0.3 is 16.2 Å². The Kier molecular flexibility index (Phi) is 9.90. The lowest BCUT2D eigenvalue weighted by atomic mass is 10.1. The third-order valence-corrected chi connectivity index (χ3v) is 5.75. The molecule has 0 heterocycles. The topological polar surface area (TPSA) is 86.7 Å². The van der Waals surface area contributed by atoms with E-state index in [1.807, 2.05) is 6.07 Å². The highest BCUT2D eigenvalue weighted by molar-refractivity contribution is 7.90. The van der Waals surface area contributed by atoms with Crippen molar-refractivity contribution in [1.29, 1.82) is 0 Å². The largest absolute Gasteiger partial charge is 0.481 e. The zero-order valence-electron chi connectivity index (χ0n) is 16.4. The lowest BCUT2D eigenvalue weighted by Crippen LogP contribution is -2.44. The Labute approximate surface area is 163 Å². The number of anilines is 1. The van der Waals surface area contributed by atoms with Crippen molar-refractivity contribution in [3.05, 3.63) is 29.8 Å². The van der Waals surface area contributed by atoms with Crippen LogP contribution in [0.25, 0.3) is 0 Å². The molecule has 27 heavy (non-hydrogen) atoms. The molecule has 150 valence electrons. The van der Waals surface area contributed by atoms with Crippen LogP contribution in [0, 0.1) is 11.8 Å². The van der Waals surface area contributed by atoms with Crippen LogP contribution >= 0.6 is 0 Å². The first-order chi connectivity index (χ1) is 12.8. The van der Waals surface area contributed by atoms with Gasteiger partial charge in [0.15, 0.2) is 0 Å². The van der Waals surface area contributed by atoms with Gasteiger partial charge in [-0.15, -0.1) is 0 Å². The highest BCUT2D eigenvalue weighted by Gasteiger charge is 2.23. The number of benzene rings is 1. The van der Waals surface area contributed by atoms with Crippen molar-refractivity contribution in [3.63, 3.8) is 0 Å². The first-order valence-electron chi connectivity index (χ1n) is 9.37. The van der Waals surface area contributed by atoms with Crippen LogP contribution in [0.3, 0.4) is 0 Å². The molecule has 0 aromatic heterocycles. The van der Waals surface area contributed by atoms with Crippen molar-refractivity contribution in [2.45, 2.75) is 64.8 Å². The molecule has 0 amide bonds. The van der Waals surface area contributed by atoms with Gasteiger partial charge in [0.25, 0.3) is 0 Å². The molecule has 1 rings (SSSR count). The van der Waals surface area contributed by atoms with E-state index < -0.39 is 22.2 Å². The Morgan fingerprint density at radius 3 is 2.63 bits per heavy atom. The van der Waals surface area contributed by atoms with Gasteiger partial charge in [-0.3, -0.25) is 9.10 Å². The van der Waals surface area contributed by atoms with Crippen LogP contribution in [-0.2, 0) is 15.0 Å². The molecule has 1 aromatic carbocycles. The molecule has 0 saturated carbocycles. The average Bonchev–Trinajstić information content (AvgIpc) is 2.63. The summed E-state index contributed by atoms with van der Waals surface area (Å²) in [6, 6.07) is 6.36. The number of hydrogen-bond acceptors (Lipinski definition) is 3. The van der Waals surface area contributed by atoms with Crippen molar-refractivity contribution in [2.75, 3.05) is 11.4 Å². The zero-order valence-corrected chi connectivity index (χ0v) is 17.2. The second-order valence-electron chi connectivity index (χ2n) is 6.46. The molecule has 2 N–H and O–H groups in total. The van der Waals surface area contributed by atoms with Gasteiger partial charge in [0.1, 0.15) is 0 Å². The third kappa shape index (κ3) is 8.46. The van der Waals surface area contributed by atoms with Gasteiger partial charge in [-0.1, -0.05) is 51.0 Å². The molecular weight excluding hydrogens is 364 g/mol. The fraction of sp³-hybridized carbons (Fsp3) is 0.550. The molecule has 0 unspecified atom stereocenters. The maximum absolute atomic E-state index is 12.5. The van der Waals surface area contributed by atoms with Crippen molar-refractivity contribution in [3.8, 4) is 11.8 Å². The monoisotopic (exact) mass is 394 g/mol. The van der Waals surface area contributed by atoms with E-state index in [9.17, 15) is 13.2 Å². The zero-order chi connectivity index (χ0) is 20.3. The number of rotatable bonds is 11. The molecule has 1 atom stereocenters. The van der Waals surface area contributed by atoms with Gasteiger partial charge in [0, 0.05) is 25.1 Å². The van der Waals surface area contributed by atoms with E-state index in [0.29, 0.717) is 12.1 Å². The van der Waals surface area contributed by atoms with Gasteiger partial charge in [0.05, 0.1) is 12.1 Å². The second kappa shape index (κ2) is 11.6. The Hall–Kier alpha value is -2.04. The molecule has 1 aromatic rings. The van der Waals surface area contributed by atoms with Gasteiger partial charge in [-0.2, -0.15) is 13.1 Å². The molecule has 0 saturated heterocycles. The standard InChI is InChI=1S/C20H30N2O4S/c1-4-6-7-8-9-10-12-17-13-11-14-19(15-17)22(3)27(25,26)21-18(5-2)16-20(23)24/h11,13-15,18,21H,4-9,16H2,1-3H3,(H,23,24)/t18-/m0/s1. The number of aliphatic carboxylic acids is 1. The molecule has 0 fully saturated rings. The van der Waals surface area contributed by atoms with E-state index >= 15 is 0 Å². The van der Waals surface area contributed by atoms with Gasteiger partial charge in [-0.05, 0) is 31.0 Å². The Morgan fingerprint density at radius 2 is 2.00 bits per heavy atom. The van der Waals surface area contributed by atoms with Crippen molar-refractivity contribution in [2.24, 2.45) is 0 Å². The molecule has 0 aliphatic carbocycles. The molecule has 0 aliphatic rings. The van der Waals surface area contributed by atoms with Crippen molar-refractivity contribution in [1.82, 2.24) is 4.72 Å². The number of carboxylic acid groups (broad SMARTS) is 1. The highest BCUT2D eigenvalue weighted by atomic mass is 32.2. The van der Waals surface area contributed by atoms with Gasteiger partial charge < -0.3 is 5.11 Å². The summed E-state index contributed by atoms with van der Waals surface area (Å²) in [5.74, 6) is 5.17. The minimum Gasteiger partial charge on any atom is -0.481 e. The van der Waals surface area contributed by atoms with Crippen LogP contribution in [0.1, 0.15) is 64.4 Å². The van der Waals surface area contributed by atoms with Crippen molar-refractivity contribution >= 4 is 21.9 Å². The number of nitrogens with one attached hydrogen (secondary N) is 1. The number of nitrogens with zero attached hydrogens (tertiary/aromatic N) is 1. The van der Waals surface area contributed by atoms with E-state index in [-0.39, 0.29) is 6.42 Å². The lowest BCUT2D eigenvalue weighted by molar-refractivity contribution is -0.137. The quantitative estimate of drug-likeness (QED) is 0.444. The van der Waals surface area contributed by atoms with E-state index in [4.69, 9.17) is 5.11 Å². The Bertz CT molecular complexity index is 766. The fourth-order valence-corrected chi connectivity index (χ4v) is 3.71. The Balaban J connectivity index is 2.80. The summed E-state index contributed by atoms with van der Waals surface area (Å²) in [5.41, 5.74) is 1.23. The first-order valence-corrected chi connectivity index (χ1v) is 10.8. The summed E-state index contributed by atoms with van der Waals surface area (Å²) in [6.45, 7) is 3.91. The smallest absolute Gasteiger partial charge is 0.304 e. The van der Waals surface area contributed by atoms with E-state index in [0.717, 1.165) is 22.7 Å². The number of hydrogen-bond donors (Lipinski definition) is 2. The van der Waals surface area contributed by atoms with Gasteiger partial charge in [-0.25, -0.2) is 0 Å². The predicted molar refractivity (Wildman–Crippen MR) is 109 cm³/mol. The van der Waals surface area contributed by atoms with Crippen LogP contribution in [-0.4, -0.2) is 32.6 Å². The van der Waals surface area contributed by atoms with Crippen LogP contribution < -0.4 is 9.03 Å². The second-order valence-corrected chi connectivity index (χ2v) is 8.19. The molecular formula is C20H30N2O4S. The predicted octanol–water partition coefficient (Wildman–Crippen LogP) is 3.53. The van der Waals surface area contributed by atoms with Crippen LogP contribution in [0.5, 0.6) is 0 Å². The Morgan fingerprint density at radius 1 is 1.26 bits per heavy atom. The third-order valence-electron chi connectivity index (χ3n) is 4.19. The van der Waals surface area contributed by atoms with Crippen LogP contribution in [0.15, 0.2) is 24.3 Å². The SMILES string of the molecule is CCCCCCC#Cc1cccc(N(C)S(=O)(=O)N[C@@H](CC)CC(=O)O)c1. The molecule has 0 radical (unpaired) electrons. The maximum Gasteiger partial charge on any atom is 0.304 e. The maximum atomic E-state index is 12.5. The first kappa shape index (κ1) is 23.0. The fourth-order valence-electron chi connectivity index (χ4n) is 2.49. The summed E-state index contributed by atoms with van der Waals surface area (Å²) in [4.78, 5) is 10.9. The summed E-state index contributed by atoms with van der Waals surface area (Å²) in [5, 5.41) is 8.89. The number of carbonyl (C=O) groups is 1. The van der Waals surface area contributed by atoms with E-state index in [1.54, 1.807) is 25.1 Å². The van der Waals surface area contributed by atoms with E-state index in [2.05, 4.69) is 23.5 Å². The summed E-state index contributed by atoms with van der Waals surface area (Å²) < 4.78 is 28.6. The van der Waals surface area contributed by atoms with Gasteiger partial charge in [0.2, 0.25) is 0 Å². The highest BCUT2D eigenvalue weighted by Crippen LogP contribution is 2.18. The average molecular weight is 395 g/mol. The summed E-state index contributed by atoms with van der Waals surface area (Å²) >= 11 is 0. The molecule has 6 nitrogen and oxygen atoms in total. The molecule has 0 bridgehead atoms. The van der Waals surface area contributed by atoms with Crippen LogP contribution in [0.4, 0.5) is 5.69 Å². The number of carboxylic acids is 1. The lowest BCUT2D eigenvalue weighted by Gasteiger charge is -2.23. The summed E-state index contributed by atoms with van der Waals surface area (Å²) in [6.07, 6.45) is 5.61. The van der Waals surface area contributed by atoms with Crippen LogP contribution in [0.2, 0.25) is 0 Å². The number of unbranched alkanes of at least 4 members (excludes halogenated alkanes) is 4. The molecule has 0 spiro atoms. The summed E-state index contributed by atoms with van der Waals surface area (Å²) in [7, 11) is -2.41. The van der Waals surface area contributed by atoms with E-state index in [1.165, 1.54) is 26.3 Å². The molecule has 7 heteroatoms. The minimum atomic E-state index is -3.85. The van der Waals surface area contributed by atoms with Crippen molar-refractivity contribution < 1.29 is 18.3 Å². The normalized spacial score (nSPS) is 12.1. The minimum absolute atomic E-state index is 0.257. The molecule has 0 aliphatic heterocycles.